The first-order chi connectivity index (χ1) is 17.1. The van der Waals surface area contributed by atoms with Crippen molar-refractivity contribution in [2.75, 3.05) is 31.1 Å². The molecule has 0 saturated carbocycles. The summed E-state index contributed by atoms with van der Waals surface area (Å²) in [5, 5.41) is 10.8. The lowest BCUT2D eigenvalue weighted by Crippen LogP contribution is -2.49. The molecule has 1 aliphatic heterocycles. The number of anilines is 1. The molecule has 1 saturated heterocycles. The predicted molar refractivity (Wildman–Crippen MR) is 138 cm³/mol. The molecule has 0 bridgehead atoms. The number of hydrogen-bond donors (Lipinski definition) is 1. The fourth-order valence-corrected chi connectivity index (χ4v) is 4.65. The highest BCUT2D eigenvalue weighted by Gasteiger charge is 2.27. The van der Waals surface area contributed by atoms with Gasteiger partial charge in [0.25, 0.3) is 11.5 Å². The highest BCUT2D eigenvalue weighted by molar-refractivity contribution is 5.96. The van der Waals surface area contributed by atoms with Gasteiger partial charge in [-0.05, 0) is 35.9 Å². The van der Waals surface area contributed by atoms with Gasteiger partial charge in [0.1, 0.15) is 17.4 Å². The Bertz CT molecular complexity index is 1490. The Kier molecular flexibility index (Phi) is 7.13. The Morgan fingerprint density at radius 1 is 0.889 bits per heavy atom. The van der Waals surface area contributed by atoms with Gasteiger partial charge < -0.3 is 20.5 Å². The summed E-state index contributed by atoms with van der Waals surface area (Å²) < 4.78 is 14.9. The molecule has 1 amide bonds. The normalized spacial score (nSPS) is 13.2. The van der Waals surface area contributed by atoms with Crippen LogP contribution in [0.25, 0.3) is 10.9 Å². The molecule has 0 aliphatic carbocycles. The van der Waals surface area contributed by atoms with Gasteiger partial charge in [0.05, 0.1) is 17.7 Å². The second-order valence-corrected chi connectivity index (χ2v) is 8.52. The average Bonchev–Trinajstić information content (AvgIpc) is 2.90. The first-order valence-corrected chi connectivity index (χ1v) is 11.5. The van der Waals surface area contributed by atoms with E-state index in [-0.39, 0.29) is 29.0 Å². The molecule has 0 spiro atoms. The van der Waals surface area contributed by atoms with Crippen LogP contribution >= 0.6 is 0 Å². The summed E-state index contributed by atoms with van der Waals surface area (Å²) in [7, 11) is 0. The second kappa shape index (κ2) is 10.4. The monoisotopic (exact) mass is 483 g/mol. The molecule has 2 heterocycles. The Hall–Kier alpha value is -4.48. The van der Waals surface area contributed by atoms with Gasteiger partial charge in [-0.3, -0.25) is 9.59 Å². The molecule has 3 aromatic carbocycles. The summed E-state index contributed by atoms with van der Waals surface area (Å²) >= 11 is 0. The lowest BCUT2D eigenvalue weighted by Gasteiger charge is -2.37. The van der Waals surface area contributed by atoms with E-state index in [1.54, 1.807) is 9.47 Å². The lowest BCUT2D eigenvalue weighted by molar-refractivity contribution is 0.0747. The third kappa shape index (κ3) is 4.57. The molecular weight excluding hydrogens is 457 g/mol. The molecule has 0 unspecified atom stereocenters. The van der Waals surface area contributed by atoms with Gasteiger partial charge >= 0.3 is 0 Å². The summed E-state index contributed by atoms with van der Waals surface area (Å²) in [6.45, 7) is 2.20. The Labute approximate surface area is 208 Å². The van der Waals surface area contributed by atoms with E-state index < -0.39 is 0 Å². The van der Waals surface area contributed by atoms with E-state index in [9.17, 15) is 19.2 Å². The molecule has 8 heteroatoms. The van der Waals surface area contributed by atoms with Crippen molar-refractivity contribution in [3.8, 4) is 6.07 Å². The van der Waals surface area contributed by atoms with Crippen LogP contribution in [-0.2, 0) is 6.54 Å². The quantitative estimate of drug-likeness (QED) is 0.469. The fourth-order valence-electron chi connectivity index (χ4n) is 4.65. The van der Waals surface area contributed by atoms with Crippen LogP contribution in [0.4, 0.5) is 10.1 Å². The van der Waals surface area contributed by atoms with Crippen LogP contribution in [0.1, 0.15) is 21.5 Å². The van der Waals surface area contributed by atoms with Crippen molar-refractivity contribution in [3.05, 3.63) is 112 Å². The number of nitrogens with zero attached hydrogens (tertiary/aromatic N) is 4. The lowest BCUT2D eigenvalue weighted by atomic mass is 10.1. The maximum absolute atomic E-state index is 13.5. The molecule has 182 valence electrons. The molecule has 4 aromatic rings. The molecule has 36 heavy (non-hydrogen) atoms. The summed E-state index contributed by atoms with van der Waals surface area (Å²) in [5.41, 5.74) is 2.58. The summed E-state index contributed by atoms with van der Waals surface area (Å²) in [5.74, 6) is -0.544. The number of piperazine rings is 1. The van der Waals surface area contributed by atoms with Gasteiger partial charge in [0, 0.05) is 37.1 Å². The number of carbonyl (C=O) groups excluding carboxylic acids is 1. The van der Waals surface area contributed by atoms with E-state index in [1.807, 2.05) is 59.5 Å². The molecule has 1 fully saturated rings. The minimum atomic E-state index is -0.385. The Morgan fingerprint density at radius 2 is 1.53 bits per heavy atom. The van der Waals surface area contributed by atoms with E-state index >= 15 is 0 Å². The van der Waals surface area contributed by atoms with Crippen LogP contribution in [0, 0.1) is 17.1 Å². The Morgan fingerprint density at radius 3 is 2.19 bits per heavy atom. The van der Waals surface area contributed by atoms with Crippen LogP contribution in [-0.4, -0.2) is 41.6 Å². The number of pyridine rings is 1. The van der Waals surface area contributed by atoms with E-state index in [2.05, 4.69) is 6.07 Å². The molecule has 7 nitrogen and oxygen atoms in total. The number of halogens is 1. The van der Waals surface area contributed by atoms with Crippen molar-refractivity contribution in [3.63, 3.8) is 0 Å². The number of amides is 1. The van der Waals surface area contributed by atoms with Gasteiger partial charge in [-0.15, -0.1) is 0 Å². The van der Waals surface area contributed by atoms with Gasteiger partial charge in [-0.25, -0.2) is 4.39 Å². The maximum Gasteiger partial charge on any atom is 0.271 e. The molecule has 1 aliphatic rings. The smallest absolute Gasteiger partial charge is 0.271 e. The summed E-state index contributed by atoms with van der Waals surface area (Å²) in [6.07, 6.45) is 0. The summed E-state index contributed by atoms with van der Waals surface area (Å²) in [6, 6.07) is 25.0. The average molecular weight is 484 g/mol. The largest absolute Gasteiger partial charge is 0.366 e. The van der Waals surface area contributed by atoms with Crippen molar-refractivity contribution < 1.29 is 9.18 Å². The SMILES string of the molecule is N.N#Cc1c(N2CCN(C(=O)c3ccc(F)cc3)CC2)c2ccccc2n(Cc2ccccc2)c1=O. The van der Waals surface area contributed by atoms with Crippen LogP contribution in [0.3, 0.4) is 0 Å². The molecule has 3 N–H and O–H groups in total. The molecule has 1 aromatic heterocycles. The maximum atomic E-state index is 13.5. The number of carbonyl (C=O) groups is 1. The van der Waals surface area contributed by atoms with E-state index in [4.69, 9.17) is 0 Å². The highest BCUT2D eigenvalue weighted by atomic mass is 19.1. The molecule has 0 atom stereocenters. The van der Waals surface area contributed by atoms with Crippen LogP contribution in [0.2, 0.25) is 0 Å². The minimum absolute atomic E-state index is 0. The van der Waals surface area contributed by atoms with E-state index in [0.29, 0.717) is 44.0 Å². The first-order valence-electron chi connectivity index (χ1n) is 11.5. The van der Waals surface area contributed by atoms with Gasteiger partial charge in [0.15, 0.2) is 0 Å². The van der Waals surface area contributed by atoms with Crippen LogP contribution < -0.4 is 16.6 Å². The number of fused-ring (bicyclic) bond motifs is 1. The zero-order chi connectivity index (χ0) is 24.4. The minimum Gasteiger partial charge on any atom is -0.366 e. The molecule has 5 rings (SSSR count). The molecular formula is C28H26FN5O2. The highest BCUT2D eigenvalue weighted by Crippen LogP contribution is 2.30. The summed E-state index contributed by atoms with van der Waals surface area (Å²) in [4.78, 5) is 30.1. The van der Waals surface area contributed by atoms with E-state index in [0.717, 1.165) is 16.5 Å². The van der Waals surface area contributed by atoms with Crippen molar-refractivity contribution in [2.45, 2.75) is 6.54 Å². The van der Waals surface area contributed by atoms with E-state index in [1.165, 1.54) is 24.3 Å². The van der Waals surface area contributed by atoms with Crippen LogP contribution in [0.5, 0.6) is 0 Å². The van der Waals surface area contributed by atoms with Crippen molar-refractivity contribution in [1.82, 2.24) is 15.6 Å². The third-order valence-electron chi connectivity index (χ3n) is 6.42. The van der Waals surface area contributed by atoms with Gasteiger partial charge in [-0.1, -0.05) is 48.5 Å². The third-order valence-corrected chi connectivity index (χ3v) is 6.42. The van der Waals surface area contributed by atoms with Crippen molar-refractivity contribution >= 4 is 22.5 Å². The molecule has 0 radical (unpaired) electrons. The van der Waals surface area contributed by atoms with Gasteiger partial charge in [-0.2, -0.15) is 5.26 Å². The van der Waals surface area contributed by atoms with Crippen molar-refractivity contribution in [2.24, 2.45) is 0 Å². The van der Waals surface area contributed by atoms with Crippen molar-refractivity contribution in [1.29, 1.82) is 5.26 Å². The first kappa shape index (κ1) is 24.6. The van der Waals surface area contributed by atoms with Crippen LogP contribution in [0.15, 0.2) is 83.7 Å². The number of aromatic nitrogens is 1. The number of hydrogen-bond acceptors (Lipinski definition) is 5. The Balaban J connectivity index is 0.00000304. The second-order valence-electron chi connectivity index (χ2n) is 8.52. The van der Waals surface area contributed by atoms with Gasteiger partial charge in [0.2, 0.25) is 0 Å². The zero-order valence-electron chi connectivity index (χ0n) is 19.7. The standard InChI is InChI=1S/C28H23FN4O2.H3N/c29-22-12-10-21(11-13-22)27(34)32-16-14-31(15-17-32)26-23-8-4-5-9-25(23)33(28(35)24(26)18-30)19-20-6-2-1-3-7-20;/h1-13H,14-17,19H2;1H3. The zero-order valence-corrected chi connectivity index (χ0v) is 19.7. The fraction of sp³-hybridized carbons (Fsp3) is 0.179. The number of benzene rings is 3. The number of para-hydroxylation sites is 1. The number of rotatable bonds is 4. The topological polar surface area (TPSA) is 104 Å². The number of nitriles is 1. The predicted octanol–water partition coefficient (Wildman–Crippen LogP) is 4.18.